The summed E-state index contributed by atoms with van der Waals surface area (Å²) in [5, 5.41) is 9.88. The van der Waals surface area contributed by atoms with E-state index in [4.69, 9.17) is 9.47 Å². The van der Waals surface area contributed by atoms with Gasteiger partial charge in [0.15, 0.2) is 11.5 Å². The molecular formula is C19H19N5O2. The number of aryl methyl sites for hydroxylation is 2. The fourth-order valence-corrected chi connectivity index (χ4v) is 3.03. The van der Waals surface area contributed by atoms with Crippen LogP contribution in [0.1, 0.15) is 5.69 Å². The van der Waals surface area contributed by atoms with E-state index in [0.29, 0.717) is 17.3 Å². The van der Waals surface area contributed by atoms with Gasteiger partial charge in [0.05, 0.1) is 25.3 Å². The van der Waals surface area contributed by atoms with Crippen LogP contribution in [-0.4, -0.2) is 34.0 Å². The summed E-state index contributed by atoms with van der Waals surface area (Å²) in [4.78, 5) is 8.72. The van der Waals surface area contributed by atoms with E-state index in [1.165, 1.54) is 6.33 Å². The molecule has 26 heavy (non-hydrogen) atoms. The van der Waals surface area contributed by atoms with Gasteiger partial charge in [-0.3, -0.25) is 4.68 Å². The first-order valence-corrected chi connectivity index (χ1v) is 8.18. The number of benzene rings is 2. The molecule has 0 saturated heterocycles. The van der Waals surface area contributed by atoms with Crippen molar-refractivity contribution in [2.45, 2.75) is 6.92 Å². The summed E-state index contributed by atoms with van der Waals surface area (Å²) in [5.74, 6) is 1.96. The van der Waals surface area contributed by atoms with Crippen molar-refractivity contribution < 1.29 is 9.47 Å². The van der Waals surface area contributed by atoms with Crippen molar-refractivity contribution in [3.8, 4) is 11.5 Å². The molecule has 0 spiro atoms. The zero-order valence-electron chi connectivity index (χ0n) is 15.1. The molecule has 0 fully saturated rings. The molecule has 4 aromatic rings. The molecular weight excluding hydrogens is 330 g/mol. The lowest BCUT2D eigenvalue weighted by Gasteiger charge is -2.12. The molecule has 0 bridgehead atoms. The Balaban J connectivity index is 1.79. The Kier molecular flexibility index (Phi) is 3.84. The number of methoxy groups -OCH3 is 2. The molecule has 0 amide bonds. The Morgan fingerprint density at radius 2 is 1.69 bits per heavy atom. The lowest BCUT2D eigenvalue weighted by Crippen LogP contribution is -1.98. The highest BCUT2D eigenvalue weighted by Gasteiger charge is 2.12. The maximum atomic E-state index is 5.40. The summed E-state index contributed by atoms with van der Waals surface area (Å²) >= 11 is 0. The van der Waals surface area contributed by atoms with Crippen molar-refractivity contribution in [3.05, 3.63) is 42.4 Å². The lowest BCUT2D eigenvalue weighted by atomic mass is 10.2. The topological polar surface area (TPSA) is 74.1 Å². The highest BCUT2D eigenvalue weighted by atomic mass is 16.5. The number of fused-ring (bicyclic) bond motifs is 2. The Labute approximate surface area is 150 Å². The highest BCUT2D eigenvalue weighted by molar-refractivity contribution is 5.94. The Morgan fingerprint density at radius 3 is 2.46 bits per heavy atom. The first-order chi connectivity index (χ1) is 12.6. The van der Waals surface area contributed by atoms with E-state index in [0.717, 1.165) is 33.2 Å². The summed E-state index contributed by atoms with van der Waals surface area (Å²) in [6.07, 6.45) is 1.53. The number of hydrogen-bond acceptors (Lipinski definition) is 6. The second-order valence-electron chi connectivity index (χ2n) is 6.01. The third kappa shape index (κ3) is 2.57. The maximum absolute atomic E-state index is 5.40. The van der Waals surface area contributed by atoms with Gasteiger partial charge < -0.3 is 14.8 Å². The van der Waals surface area contributed by atoms with E-state index in [-0.39, 0.29) is 0 Å². The van der Waals surface area contributed by atoms with Crippen LogP contribution in [0.2, 0.25) is 0 Å². The molecule has 0 atom stereocenters. The van der Waals surface area contributed by atoms with Crippen molar-refractivity contribution in [1.82, 2.24) is 19.7 Å². The summed E-state index contributed by atoms with van der Waals surface area (Å²) in [6.45, 7) is 2.06. The predicted molar refractivity (Wildman–Crippen MR) is 101 cm³/mol. The minimum absolute atomic E-state index is 0.633. The van der Waals surface area contributed by atoms with Crippen LogP contribution in [0.25, 0.3) is 21.8 Å². The van der Waals surface area contributed by atoms with Gasteiger partial charge in [-0.1, -0.05) is 0 Å². The molecule has 2 aromatic heterocycles. The fourth-order valence-electron chi connectivity index (χ4n) is 3.03. The van der Waals surface area contributed by atoms with E-state index in [9.17, 15) is 0 Å². The van der Waals surface area contributed by atoms with Crippen molar-refractivity contribution in [2.24, 2.45) is 7.05 Å². The molecule has 4 rings (SSSR count). The second kappa shape index (κ2) is 6.18. The third-order valence-corrected chi connectivity index (χ3v) is 4.53. The van der Waals surface area contributed by atoms with E-state index >= 15 is 0 Å². The minimum atomic E-state index is 0.633. The molecule has 0 aliphatic carbocycles. The van der Waals surface area contributed by atoms with Crippen LogP contribution in [0.15, 0.2) is 36.7 Å². The van der Waals surface area contributed by atoms with E-state index in [1.54, 1.807) is 14.2 Å². The number of nitrogens with one attached hydrogen (secondary N) is 1. The van der Waals surface area contributed by atoms with Crippen LogP contribution in [-0.2, 0) is 7.05 Å². The standard InChI is InChI=1S/C19H19N5O2/c1-11-13-6-5-12(7-16(13)23-24(11)2)22-19-14-8-17(25-3)18(26-4)9-15(14)20-10-21-19/h5-10H,1-4H3,(H,20,21,22). The SMILES string of the molecule is COc1cc2ncnc(Nc3ccc4c(C)n(C)nc4c3)c2cc1OC. The summed E-state index contributed by atoms with van der Waals surface area (Å²) in [7, 11) is 5.16. The zero-order valence-corrected chi connectivity index (χ0v) is 15.1. The first kappa shape index (κ1) is 16.1. The van der Waals surface area contributed by atoms with Gasteiger partial charge in [-0.2, -0.15) is 5.10 Å². The van der Waals surface area contributed by atoms with Gasteiger partial charge in [-0.05, 0) is 31.2 Å². The van der Waals surface area contributed by atoms with Gasteiger partial charge in [0.2, 0.25) is 0 Å². The molecule has 2 heterocycles. The fraction of sp³-hybridized carbons (Fsp3) is 0.211. The van der Waals surface area contributed by atoms with Crippen LogP contribution >= 0.6 is 0 Å². The molecule has 0 aliphatic heterocycles. The van der Waals surface area contributed by atoms with Gasteiger partial charge in [0, 0.05) is 35.3 Å². The van der Waals surface area contributed by atoms with Gasteiger partial charge in [-0.15, -0.1) is 0 Å². The summed E-state index contributed by atoms with van der Waals surface area (Å²) < 4.78 is 12.6. The van der Waals surface area contributed by atoms with Crippen LogP contribution in [0.5, 0.6) is 11.5 Å². The lowest BCUT2D eigenvalue weighted by molar-refractivity contribution is 0.356. The molecule has 0 radical (unpaired) electrons. The largest absolute Gasteiger partial charge is 0.493 e. The van der Waals surface area contributed by atoms with Gasteiger partial charge in [-0.25, -0.2) is 9.97 Å². The van der Waals surface area contributed by atoms with Crippen LogP contribution < -0.4 is 14.8 Å². The van der Waals surface area contributed by atoms with Crippen LogP contribution in [0.3, 0.4) is 0 Å². The molecule has 0 saturated carbocycles. The van der Waals surface area contributed by atoms with Crippen molar-refractivity contribution in [1.29, 1.82) is 0 Å². The Bertz CT molecular complexity index is 1120. The quantitative estimate of drug-likeness (QED) is 0.607. The van der Waals surface area contributed by atoms with Crippen molar-refractivity contribution in [2.75, 3.05) is 19.5 Å². The second-order valence-corrected chi connectivity index (χ2v) is 6.01. The predicted octanol–water partition coefficient (Wildman–Crippen LogP) is 3.59. The van der Waals surface area contributed by atoms with E-state index in [1.807, 2.05) is 36.0 Å². The molecule has 0 aliphatic rings. The average molecular weight is 349 g/mol. The number of aromatic nitrogens is 4. The molecule has 132 valence electrons. The smallest absolute Gasteiger partial charge is 0.162 e. The maximum Gasteiger partial charge on any atom is 0.162 e. The van der Waals surface area contributed by atoms with Crippen molar-refractivity contribution in [3.63, 3.8) is 0 Å². The molecule has 2 aromatic carbocycles. The molecule has 0 unspecified atom stereocenters. The van der Waals surface area contributed by atoms with Crippen LogP contribution in [0.4, 0.5) is 11.5 Å². The van der Waals surface area contributed by atoms with E-state index in [2.05, 4.69) is 33.4 Å². The average Bonchev–Trinajstić information content (AvgIpc) is 2.94. The highest BCUT2D eigenvalue weighted by Crippen LogP contribution is 2.34. The molecule has 7 heteroatoms. The number of hydrogen-bond donors (Lipinski definition) is 1. The monoisotopic (exact) mass is 349 g/mol. The van der Waals surface area contributed by atoms with Crippen LogP contribution in [0, 0.1) is 6.92 Å². The summed E-state index contributed by atoms with van der Waals surface area (Å²) in [5.41, 5.74) is 3.75. The molecule has 1 N–H and O–H groups in total. The van der Waals surface area contributed by atoms with E-state index < -0.39 is 0 Å². The number of anilines is 2. The first-order valence-electron chi connectivity index (χ1n) is 8.18. The molecule has 7 nitrogen and oxygen atoms in total. The normalized spacial score (nSPS) is 11.1. The Hall–Kier alpha value is -3.35. The Morgan fingerprint density at radius 1 is 0.923 bits per heavy atom. The minimum Gasteiger partial charge on any atom is -0.493 e. The number of rotatable bonds is 4. The van der Waals surface area contributed by atoms with Gasteiger partial charge in [0.25, 0.3) is 0 Å². The number of nitrogens with zero attached hydrogens (tertiary/aromatic N) is 4. The van der Waals surface area contributed by atoms with Gasteiger partial charge >= 0.3 is 0 Å². The zero-order chi connectivity index (χ0) is 18.3. The summed E-state index contributed by atoms with van der Waals surface area (Å²) in [6, 6.07) is 9.81. The van der Waals surface area contributed by atoms with Crippen molar-refractivity contribution >= 4 is 33.3 Å². The van der Waals surface area contributed by atoms with Gasteiger partial charge in [0.1, 0.15) is 12.1 Å². The number of ether oxygens (including phenoxy) is 2. The third-order valence-electron chi connectivity index (χ3n) is 4.53.